The molecule has 86 valence electrons. The van der Waals surface area contributed by atoms with Crippen molar-refractivity contribution in [1.82, 2.24) is 4.90 Å². The normalized spacial score (nSPS) is 32.4. The Hall–Kier alpha value is -1.63. The minimum Gasteiger partial charge on any atom is -0.364 e. The van der Waals surface area contributed by atoms with Crippen LogP contribution in [0.2, 0.25) is 0 Å². The van der Waals surface area contributed by atoms with E-state index in [0.29, 0.717) is 13.3 Å². The molecule has 0 amide bonds. The summed E-state index contributed by atoms with van der Waals surface area (Å²) in [5.41, 5.74) is 1.74. The largest absolute Gasteiger partial charge is 0.364 e. The van der Waals surface area contributed by atoms with E-state index in [0.717, 1.165) is 12.0 Å². The molecule has 1 aromatic rings. The molecule has 2 aliphatic rings. The predicted molar refractivity (Wildman–Crippen MR) is 63.9 cm³/mol. The van der Waals surface area contributed by atoms with E-state index in [-0.39, 0.29) is 6.04 Å². The van der Waals surface area contributed by atoms with Gasteiger partial charge in [-0.3, -0.25) is 0 Å². The molecular weight excluding hydrogens is 212 g/mol. The molecule has 3 rings (SSSR count). The third-order valence-electron chi connectivity index (χ3n) is 3.67. The summed E-state index contributed by atoms with van der Waals surface area (Å²) in [4.78, 5) is 2.13. The van der Waals surface area contributed by atoms with Gasteiger partial charge in [-0.15, -0.1) is 0 Å². The highest BCUT2D eigenvalue weighted by atomic mass is 16.5. The number of nitriles is 1. The molecule has 0 bridgehead atoms. The van der Waals surface area contributed by atoms with Crippen molar-refractivity contribution >= 4 is 0 Å². The molecule has 0 spiro atoms. The van der Waals surface area contributed by atoms with Crippen LogP contribution in [0.4, 0.5) is 0 Å². The van der Waals surface area contributed by atoms with Crippen molar-refractivity contribution in [3.63, 3.8) is 0 Å². The van der Waals surface area contributed by atoms with Crippen LogP contribution < -0.4 is 0 Å². The predicted octanol–water partition coefficient (Wildman–Crippen LogP) is 2.24. The summed E-state index contributed by atoms with van der Waals surface area (Å²) in [5, 5.41) is 9.34. The Balaban J connectivity index is 1.92. The molecular formula is C14H14N2O. The second-order valence-corrected chi connectivity index (χ2v) is 4.65. The van der Waals surface area contributed by atoms with Gasteiger partial charge in [0.2, 0.25) is 0 Å². The lowest BCUT2D eigenvalue weighted by atomic mass is 10.0. The molecule has 2 atom stereocenters. The fourth-order valence-electron chi connectivity index (χ4n) is 2.52. The Kier molecular flexibility index (Phi) is 2.29. The van der Waals surface area contributed by atoms with Crippen LogP contribution in [0.15, 0.2) is 42.5 Å². The molecule has 1 aliphatic heterocycles. The zero-order valence-corrected chi connectivity index (χ0v) is 9.60. The summed E-state index contributed by atoms with van der Waals surface area (Å²) in [6, 6.07) is 12.8. The molecule has 2 fully saturated rings. The molecule has 0 aromatic heterocycles. The first kappa shape index (κ1) is 10.5. The summed E-state index contributed by atoms with van der Waals surface area (Å²) in [6.07, 6.45) is 0.774. The van der Waals surface area contributed by atoms with Gasteiger partial charge in [0.1, 0.15) is 12.3 Å². The number of ether oxygens (including phenoxy) is 1. The summed E-state index contributed by atoms with van der Waals surface area (Å²) in [7, 11) is 0. The van der Waals surface area contributed by atoms with Crippen LogP contribution in [0.1, 0.15) is 18.0 Å². The van der Waals surface area contributed by atoms with Crippen LogP contribution in [-0.4, -0.2) is 23.8 Å². The molecule has 1 saturated heterocycles. The van der Waals surface area contributed by atoms with Gasteiger partial charge in [-0.1, -0.05) is 36.9 Å². The zero-order valence-electron chi connectivity index (χ0n) is 9.60. The molecule has 1 aliphatic carbocycles. The molecule has 17 heavy (non-hydrogen) atoms. The molecule has 3 heteroatoms. The number of hydrogen-bond donors (Lipinski definition) is 0. The summed E-state index contributed by atoms with van der Waals surface area (Å²) >= 11 is 0. The fourth-order valence-corrected chi connectivity index (χ4v) is 2.52. The summed E-state index contributed by atoms with van der Waals surface area (Å²) in [6.45, 7) is 5.12. The highest BCUT2D eigenvalue weighted by Crippen LogP contribution is 2.50. The fraction of sp³-hybridized carbons (Fsp3) is 0.357. The van der Waals surface area contributed by atoms with Gasteiger partial charge in [-0.05, 0) is 11.1 Å². The lowest BCUT2D eigenvalue weighted by molar-refractivity contribution is 0.119. The Morgan fingerprint density at radius 1 is 1.41 bits per heavy atom. The SMILES string of the molecule is C=C1CC1(C#N)N1COCC1c1ccccc1. The molecule has 0 radical (unpaired) electrons. The van der Waals surface area contributed by atoms with Crippen molar-refractivity contribution in [2.45, 2.75) is 18.0 Å². The minimum atomic E-state index is -0.475. The average Bonchev–Trinajstić information content (AvgIpc) is 2.83. The van der Waals surface area contributed by atoms with E-state index < -0.39 is 5.54 Å². The van der Waals surface area contributed by atoms with E-state index in [4.69, 9.17) is 4.74 Å². The van der Waals surface area contributed by atoms with E-state index >= 15 is 0 Å². The van der Waals surface area contributed by atoms with E-state index in [1.54, 1.807) is 0 Å². The first-order valence-electron chi connectivity index (χ1n) is 5.77. The average molecular weight is 226 g/mol. The number of rotatable bonds is 2. The van der Waals surface area contributed by atoms with Gasteiger partial charge in [0, 0.05) is 6.42 Å². The van der Waals surface area contributed by atoms with E-state index in [1.807, 2.05) is 18.2 Å². The van der Waals surface area contributed by atoms with Crippen molar-refractivity contribution in [2.24, 2.45) is 0 Å². The maximum Gasteiger partial charge on any atom is 0.136 e. The summed E-state index contributed by atoms with van der Waals surface area (Å²) in [5.74, 6) is 0. The first-order valence-corrected chi connectivity index (χ1v) is 5.77. The summed E-state index contributed by atoms with van der Waals surface area (Å²) < 4.78 is 5.53. The number of benzene rings is 1. The molecule has 3 nitrogen and oxygen atoms in total. The molecule has 2 unspecified atom stereocenters. The van der Waals surface area contributed by atoms with E-state index in [1.165, 1.54) is 5.56 Å². The number of nitrogens with zero attached hydrogens (tertiary/aromatic N) is 2. The van der Waals surface area contributed by atoms with Crippen LogP contribution in [0.25, 0.3) is 0 Å². The third kappa shape index (κ3) is 1.49. The lowest BCUT2D eigenvalue weighted by Gasteiger charge is -2.26. The van der Waals surface area contributed by atoms with Crippen molar-refractivity contribution in [3.05, 3.63) is 48.0 Å². The Morgan fingerprint density at radius 2 is 2.12 bits per heavy atom. The van der Waals surface area contributed by atoms with Crippen molar-refractivity contribution < 1.29 is 4.74 Å². The highest BCUT2D eigenvalue weighted by Gasteiger charge is 2.56. The van der Waals surface area contributed by atoms with Crippen LogP contribution in [-0.2, 0) is 4.74 Å². The quantitative estimate of drug-likeness (QED) is 0.726. The first-order chi connectivity index (χ1) is 8.28. The Bertz CT molecular complexity index is 491. The third-order valence-corrected chi connectivity index (χ3v) is 3.67. The van der Waals surface area contributed by atoms with E-state index in [2.05, 4.69) is 29.7 Å². The van der Waals surface area contributed by atoms with Crippen LogP contribution in [0.5, 0.6) is 0 Å². The standard InChI is InChI=1S/C14H14N2O/c1-11-7-14(11,9-15)16-10-17-8-13(16)12-5-3-2-4-6-12/h2-6,13H,1,7-8,10H2. The van der Waals surface area contributed by atoms with Crippen LogP contribution >= 0.6 is 0 Å². The second-order valence-electron chi connectivity index (χ2n) is 4.65. The van der Waals surface area contributed by atoms with E-state index in [9.17, 15) is 5.26 Å². The van der Waals surface area contributed by atoms with Crippen molar-refractivity contribution in [2.75, 3.05) is 13.3 Å². The lowest BCUT2D eigenvalue weighted by Crippen LogP contribution is -2.36. The van der Waals surface area contributed by atoms with Gasteiger partial charge in [-0.2, -0.15) is 5.26 Å². The van der Waals surface area contributed by atoms with Crippen molar-refractivity contribution in [3.8, 4) is 6.07 Å². The maximum absolute atomic E-state index is 9.34. The van der Waals surface area contributed by atoms with Gasteiger partial charge in [0.15, 0.2) is 0 Å². The molecule has 1 saturated carbocycles. The van der Waals surface area contributed by atoms with Gasteiger partial charge >= 0.3 is 0 Å². The van der Waals surface area contributed by atoms with Gasteiger partial charge in [-0.25, -0.2) is 4.90 Å². The molecule has 1 aromatic carbocycles. The number of hydrogen-bond acceptors (Lipinski definition) is 3. The van der Waals surface area contributed by atoms with Gasteiger partial charge in [0.25, 0.3) is 0 Å². The van der Waals surface area contributed by atoms with Gasteiger partial charge in [0.05, 0.1) is 18.7 Å². The van der Waals surface area contributed by atoms with Crippen LogP contribution in [0.3, 0.4) is 0 Å². The smallest absolute Gasteiger partial charge is 0.136 e. The minimum absolute atomic E-state index is 0.176. The maximum atomic E-state index is 9.34. The van der Waals surface area contributed by atoms with Crippen molar-refractivity contribution in [1.29, 1.82) is 5.26 Å². The molecule has 0 N–H and O–H groups in total. The Morgan fingerprint density at radius 3 is 2.71 bits per heavy atom. The Labute approximate surface area is 101 Å². The highest BCUT2D eigenvalue weighted by molar-refractivity contribution is 5.47. The van der Waals surface area contributed by atoms with Gasteiger partial charge < -0.3 is 4.74 Å². The van der Waals surface area contributed by atoms with Crippen LogP contribution in [0, 0.1) is 11.3 Å². The monoisotopic (exact) mass is 226 g/mol. The topological polar surface area (TPSA) is 36.3 Å². The second kappa shape index (κ2) is 3.69. The zero-order chi connectivity index (χ0) is 11.9. The molecule has 1 heterocycles.